The Bertz CT molecular complexity index is 308. The minimum atomic E-state index is -0.371. The summed E-state index contributed by atoms with van der Waals surface area (Å²) in [6.45, 7) is 2.48. The van der Waals surface area contributed by atoms with E-state index in [-0.39, 0.29) is 50.5 Å². The average molecular weight is 290 g/mol. The number of carbonyl (C=O) groups is 3. The van der Waals surface area contributed by atoms with Crippen molar-refractivity contribution >= 4 is 17.6 Å². The van der Waals surface area contributed by atoms with Gasteiger partial charge in [0, 0.05) is 13.7 Å². The SMILES string of the molecule is COCCOCC(=O)NCC(=O)NCCOCC(C)=O. The van der Waals surface area contributed by atoms with E-state index in [1.165, 1.54) is 14.0 Å². The van der Waals surface area contributed by atoms with E-state index in [0.717, 1.165) is 0 Å². The molecule has 8 nitrogen and oxygen atoms in total. The molecule has 0 saturated heterocycles. The predicted molar refractivity (Wildman–Crippen MR) is 70.2 cm³/mol. The highest BCUT2D eigenvalue weighted by molar-refractivity contribution is 5.85. The van der Waals surface area contributed by atoms with Crippen LogP contribution in [0, 0.1) is 0 Å². The first kappa shape index (κ1) is 18.5. The van der Waals surface area contributed by atoms with Crippen LogP contribution >= 0.6 is 0 Å². The Morgan fingerprint density at radius 2 is 1.60 bits per heavy atom. The summed E-state index contributed by atoms with van der Waals surface area (Å²) in [6, 6.07) is 0. The maximum Gasteiger partial charge on any atom is 0.246 e. The summed E-state index contributed by atoms with van der Waals surface area (Å²) < 4.78 is 14.7. The largest absolute Gasteiger partial charge is 0.382 e. The van der Waals surface area contributed by atoms with E-state index in [0.29, 0.717) is 13.2 Å². The van der Waals surface area contributed by atoms with Crippen molar-refractivity contribution in [3.8, 4) is 0 Å². The highest BCUT2D eigenvalue weighted by atomic mass is 16.5. The number of carbonyl (C=O) groups excluding carboxylic acids is 3. The van der Waals surface area contributed by atoms with Crippen LogP contribution in [0.5, 0.6) is 0 Å². The molecule has 2 amide bonds. The number of methoxy groups -OCH3 is 1. The molecule has 0 radical (unpaired) electrons. The fourth-order valence-corrected chi connectivity index (χ4v) is 1.08. The molecule has 116 valence electrons. The smallest absolute Gasteiger partial charge is 0.246 e. The highest BCUT2D eigenvalue weighted by Crippen LogP contribution is 1.78. The third kappa shape index (κ3) is 12.9. The van der Waals surface area contributed by atoms with Crippen LogP contribution in [0.3, 0.4) is 0 Å². The van der Waals surface area contributed by atoms with Crippen molar-refractivity contribution in [3.63, 3.8) is 0 Å². The van der Waals surface area contributed by atoms with E-state index in [1.54, 1.807) is 0 Å². The molecule has 0 atom stereocenters. The minimum Gasteiger partial charge on any atom is -0.382 e. The molecule has 0 rings (SSSR count). The van der Waals surface area contributed by atoms with Crippen LogP contribution < -0.4 is 10.6 Å². The summed E-state index contributed by atoms with van der Waals surface area (Å²) in [5.41, 5.74) is 0. The first-order valence-electron chi connectivity index (χ1n) is 6.23. The fourth-order valence-electron chi connectivity index (χ4n) is 1.08. The van der Waals surface area contributed by atoms with Gasteiger partial charge in [0.15, 0.2) is 5.78 Å². The second-order valence-electron chi connectivity index (χ2n) is 3.93. The second kappa shape index (κ2) is 12.5. The molecular weight excluding hydrogens is 268 g/mol. The Morgan fingerprint density at radius 1 is 0.900 bits per heavy atom. The van der Waals surface area contributed by atoms with Crippen LogP contribution in [0.2, 0.25) is 0 Å². The molecule has 2 N–H and O–H groups in total. The normalized spacial score (nSPS) is 10.1. The van der Waals surface area contributed by atoms with Crippen molar-refractivity contribution in [3.05, 3.63) is 0 Å². The zero-order valence-electron chi connectivity index (χ0n) is 11.9. The van der Waals surface area contributed by atoms with Crippen molar-refractivity contribution in [2.24, 2.45) is 0 Å². The molecule has 0 fully saturated rings. The Balaban J connectivity index is 3.43. The van der Waals surface area contributed by atoms with Crippen LogP contribution in [0.1, 0.15) is 6.92 Å². The van der Waals surface area contributed by atoms with Gasteiger partial charge in [-0.1, -0.05) is 0 Å². The van der Waals surface area contributed by atoms with Crippen LogP contribution in [-0.2, 0) is 28.6 Å². The standard InChI is InChI=1S/C12H22N2O6/c1-10(15)8-19-4-3-13-11(16)7-14-12(17)9-20-6-5-18-2/h3-9H2,1-2H3,(H,13,16)(H,14,17). The summed E-state index contributed by atoms with van der Waals surface area (Å²) >= 11 is 0. The van der Waals surface area contributed by atoms with Crippen LogP contribution in [0.4, 0.5) is 0 Å². The first-order chi connectivity index (χ1) is 9.56. The van der Waals surface area contributed by atoms with E-state index in [4.69, 9.17) is 14.2 Å². The zero-order valence-corrected chi connectivity index (χ0v) is 11.9. The number of rotatable bonds is 12. The van der Waals surface area contributed by atoms with Gasteiger partial charge in [-0.3, -0.25) is 14.4 Å². The molecule has 0 aromatic rings. The van der Waals surface area contributed by atoms with E-state index in [2.05, 4.69) is 10.6 Å². The number of hydrogen-bond acceptors (Lipinski definition) is 6. The molecule has 0 saturated carbocycles. The number of amides is 2. The fraction of sp³-hybridized carbons (Fsp3) is 0.750. The predicted octanol–water partition coefficient (Wildman–Crippen LogP) is -1.51. The number of Topliss-reactive ketones (excluding diaryl/α,β-unsaturated/α-hetero) is 1. The number of hydrogen-bond donors (Lipinski definition) is 2. The van der Waals surface area contributed by atoms with Gasteiger partial charge >= 0.3 is 0 Å². The van der Waals surface area contributed by atoms with Gasteiger partial charge in [-0.15, -0.1) is 0 Å². The molecule has 0 aromatic heterocycles. The van der Waals surface area contributed by atoms with Crippen LogP contribution in [-0.4, -0.2) is 70.8 Å². The van der Waals surface area contributed by atoms with Crippen LogP contribution in [0.15, 0.2) is 0 Å². The lowest BCUT2D eigenvalue weighted by atomic mass is 10.5. The van der Waals surface area contributed by atoms with Gasteiger partial charge in [0.2, 0.25) is 11.8 Å². The number of ketones is 1. The first-order valence-corrected chi connectivity index (χ1v) is 6.23. The summed E-state index contributed by atoms with van der Waals surface area (Å²) in [5.74, 6) is -0.775. The highest BCUT2D eigenvalue weighted by Gasteiger charge is 2.05. The molecule has 0 unspecified atom stereocenters. The summed E-state index contributed by atoms with van der Waals surface area (Å²) in [5, 5.41) is 4.94. The molecular formula is C12H22N2O6. The Hall–Kier alpha value is -1.51. The van der Waals surface area contributed by atoms with Gasteiger partial charge in [-0.25, -0.2) is 0 Å². The van der Waals surface area contributed by atoms with Gasteiger partial charge in [0.05, 0.1) is 26.4 Å². The molecule has 0 spiro atoms. The molecule has 0 aliphatic heterocycles. The number of ether oxygens (including phenoxy) is 3. The Labute approximate surface area is 118 Å². The molecule has 0 aromatic carbocycles. The third-order valence-electron chi connectivity index (χ3n) is 1.98. The Morgan fingerprint density at radius 3 is 2.25 bits per heavy atom. The van der Waals surface area contributed by atoms with Gasteiger partial charge in [-0.2, -0.15) is 0 Å². The van der Waals surface area contributed by atoms with E-state index in [9.17, 15) is 14.4 Å². The number of nitrogens with one attached hydrogen (secondary N) is 2. The molecule has 0 aliphatic rings. The molecule has 0 heterocycles. The molecule has 8 heteroatoms. The second-order valence-corrected chi connectivity index (χ2v) is 3.93. The molecule has 20 heavy (non-hydrogen) atoms. The molecule has 0 bridgehead atoms. The Kier molecular flexibility index (Phi) is 11.6. The maximum atomic E-state index is 11.3. The topological polar surface area (TPSA) is 103 Å². The zero-order chi connectivity index (χ0) is 15.2. The van der Waals surface area contributed by atoms with Gasteiger partial charge < -0.3 is 24.8 Å². The summed E-state index contributed by atoms with van der Waals surface area (Å²) in [4.78, 5) is 33.1. The van der Waals surface area contributed by atoms with Crippen molar-refractivity contribution in [2.75, 3.05) is 53.2 Å². The lowest BCUT2D eigenvalue weighted by Gasteiger charge is -2.07. The van der Waals surface area contributed by atoms with E-state index >= 15 is 0 Å². The summed E-state index contributed by atoms with van der Waals surface area (Å²) in [7, 11) is 1.54. The van der Waals surface area contributed by atoms with Crippen molar-refractivity contribution in [2.45, 2.75) is 6.92 Å². The van der Waals surface area contributed by atoms with Crippen LogP contribution in [0.25, 0.3) is 0 Å². The quantitative estimate of drug-likeness (QED) is 0.423. The van der Waals surface area contributed by atoms with Gasteiger partial charge in [0.25, 0.3) is 0 Å². The van der Waals surface area contributed by atoms with Crippen molar-refractivity contribution in [1.82, 2.24) is 10.6 Å². The minimum absolute atomic E-state index is 0.0332. The van der Waals surface area contributed by atoms with Gasteiger partial charge in [-0.05, 0) is 6.92 Å². The lowest BCUT2D eigenvalue weighted by Crippen LogP contribution is -2.39. The lowest BCUT2D eigenvalue weighted by molar-refractivity contribution is -0.129. The maximum absolute atomic E-state index is 11.3. The van der Waals surface area contributed by atoms with Crippen molar-refractivity contribution < 1.29 is 28.6 Å². The monoisotopic (exact) mass is 290 g/mol. The van der Waals surface area contributed by atoms with E-state index < -0.39 is 0 Å². The summed E-state index contributed by atoms with van der Waals surface area (Å²) in [6.07, 6.45) is 0. The van der Waals surface area contributed by atoms with Gasteiger partial charge in [0.1, 0.15) is 13.2 Å². The van der Waals surface area contributed by atoms with E-state index in [1.807, 2.05) is 0 Å². The van der Waals surface area contributed by atoms with Crippen molar-refractivity contribution in [1.29, 1.82) is 0 Å². The third-order valence-corrected chi connectivity index (χ3v) is 1.98. The average Bonchev–Trinajstić information content (AvgIpc) is 2.40. The molecule has 0 aliphatic carbocycles.